The van der Waals surface area contributed by atoms with Gasteiger partial charge in [0.15, 0.2) is 0 Å². The van der Waals surface area contributed by atoms with E-state index in [2.05, 4.69) is 5.32 Å². The summed E-state index contributed by atoms with van der Waals surface area (Å²) < 4.78 is 53.0. The summed E-state index contributed by atoms with van der Waals surface area (Å²) in [6, 6.07) is 5.44. The molecule has 0 radical (unpaired) electrons. The Morgan fingerprint density at radius 3 is 2.63 bits per heavy atom. The molecule has 0 amide bonds. The normalized spacial score (nSPS) is 28.4. The van der Waals surface area contributed by atoms with E-state index in [1.807, 2.05) is 0 Å². The fourth-order valence-electron chi connectivity index (χ4n) is 2.61. The monoisotopic (exact) mass is 275 g/mol. The number of hydrogen-bond donors (Lipinski definition) is 1. The van der Waals surface area contributed by atoms with Gasteiger partial charge in [0.1, 0.15) is 5.67 Å². The van der Waals surface area contributed by atoms with Gasteiger partial charge in [0.25, 0.3) is 0 Å². The molecule has 1 aliphatic rings. The zero-order valence-corrected chi connectivity index (χ0v) is 10.7. The highest BCUT2D eigenvalue weighted by Crippen LogP contribution is 2.36. The van der Waals surface area contributed by atoms with Crippen molar-refractivity contribution in [1.82, 2.24) is 5.32 Å². The lowest BCUT2D eigenvalue weighted by Gasteiger charge is -2.36. The van der Waals surface area contributed by atoms with Crippen LogP contribution in [-0.2, 0) is 12.6 Å². The van der Waals surface area contributed by atoms with Crippen molar-refractivity contribution < 1.29 is 17.6 Å². The van der Waals surface area contributed by atoms with E-state index in [0.29, 0.717) is 13.0 Å². The van der Waals surface area contributed by atoms with Crippen LogP contribution in [0.3, 0.4) is 0 Å². The topological polar surface area (TPSA) is 12.0 Å². The van der Waals surface area contributed by atoms with E-state index in [1.54, 1.807) is 6.07 Å². The molecule has 5 heteroatoms. The van der Waals surface area contributed by atoms with Gasteiger partial charge in [-0.2, -0.15) is 13.2 Å². The maximum Gasteiger partial charge on any atom is 0.416 e. The Balaban J connectivity index is 2.24. The molecule has 2 atom stereocenters. The van der Waals surface area contributed by atoms with Crippen molar-refractivity contribution in [2.45, 2.75) is 31.6 Å². The van der Waals surface area contributed by atoms with E-state index in [9.17, 15) is 17.6 Å². The van der Waals surface area contributed by atoms with Crippen molar-refractivity contribution in [3.05, 3.63) is 35.4 Å². The van der Waals surface area contributed by atoms with Gasteiger partial charge in [-0.3, -0.25) is 0 Å². The predicted octanol–water partition coefficient (Wildman–Crippen LogP) is 3.59. The number of benzene rings is 1. The Morgan fingerprint density at radius 2 is 2.00 bits per heavy atom. The number of halogens is 4. The molecule has 1 aromatic rings. The van der Waals surface area contributed by atoms with Gasteiger partial charge in [-0.1, -0.05) is 18.2 Å². The van der Waals surface area contributed by atoms with Crippen molar-refractivity contribution in [3.63, 3.8) is 0 Å². The smallest absolute Gasteiger partial charge is 0.314 e. The third-order valence-electron chi connectivity index (χ3n) is 3.78. The molecule has 1 saturated heterocycles. The van der Waals surface area contributed by atoms with Gasteiger partial charge < -0.3 is 5.32 Å². The lowest BCUT2D eigenvalue weighted by atomic mass is 9.80. The van der Waals surface area contributed by atoms with E-state index < -0.39 is 17.4 Å². The standard InChI is InChI=1S/C14H17F4N/c1-13(15)9-19-7-6-11(13)8-10-4-2-3-5-12(10)14(16,17)18/h2-5,11,19H,6-9H2,1H3. The second-order valence-corrected chi connectivity index (χ2v) is 5.30. The van der Waals surface area contributed by atoms with Gasteiger partial charge in [0.2, 0.25) is 0 Å². The molecular formula is C14H17F4N. The molecule has 1 nitrogen and oxygen atoms in total. The molecule has 1 heterocycles. The van der Waals surface area contributed by atoms with Crippen molar-refractivity contribution in [3.8, 4) is 0 Å². The summed E-state index contributed by atoms with van der Waals surface area (Å²) in [6.45, 7) is 2.31. The molecule has 1 aliphatic heterocycles. The maximum atomic E-state index is 14.3. The molecule has 0 saturated carbocycles. The molecule has 0 aromatic heterocycles. The van der Waals surface area contributed by atoms with Crippen LogP contribution in [0.2, 0.25) is 0 Å². The molecule has 19 heavy (non-hydrogen) atoms. The van der Waals surface area contributed by atoms with Crippen LogP contribution in [0.4, 0.5) is 17.6 Å². The first-order valence-electron chi connectivity index (χ1n) is 6.35. The van der Waals surface area contributed by atoms with Gasteiger partial charge >= 0.3 is 6.18 Å². The zero-order valence-electron chi connectivity index (χ0n) is 10.7. The van der Waals surface area contributed by atoms with Crippen molar-refractivity contribution in [2.24, 2.45) is 5.92 Å². The molecule has 2 unspecified atom stereocenters. The largest absolute Gasteiger partial charge is 0.416 e. The summed E-state index contributed by atoms with van der Waals surface area (Å²) >= 11 is 0. The summed E-state index contributed by atoms with van der Waals surface area (Å²) in [5.41, 5.74) is -1.92. The second kappa shape index (κ2) is 5.12. The van der Waals surface area contributed by atoms with E-state index in [-0.39, 0.29) is 24.4 Å². The molecule has 2 rings (SSSR count). The highest BCUT2D eigenvalue weighted by Gasteiger charge is 2.39. The molecule has 1 aromatic carbocycles. The molecule has 0 aliphatic carbocycles. The van der Waals surface area contributed by atoms with Crippen LogP contribution in [0.25, 0.3) is 0 Å². The fraction of sp³-hybridized carbons (Fsp3) is 0.571. The van der Waals surface area contributed by atoms with Crippen LogP contribution < -0.4 is 5.32 Å². The third-order valence-corrected chi connectivity index (χ3v) is 3.78. The highest BCUT2D eigenvalue weighted by molar-refractivity contribution is 5.30. The summed E-state index contributed by atoms with van der Waals surface area (Å²) in [4.78, 5) is 0. The Kier molecular flexibility index (Phi) is 3.85. The Bertz CT molecular complexity index is 439. The lowest BCUT2D eigenvalue weighted by Crippen LogP contribution is -2.47. The second-order valence-electron chi connectivity index (χ2n) is 5.30. The average Bonchev–Trinajstić information content (AvgIpc) is 2.31. The van der Waals surface area contributed by atoms with Crippen LogP contribution in [0.1, 0.15) is 24.5 Å². The first-order valence-corrected chi connectivity index (χ1v) is 6.35. The van der Waals surface area contributed by atoms with Gasteiger partial charge in [-0.15, -0.1) is 0 Å². The van der Waals surface area contributed by atoms with E-state index in [0.717, 1.165) is 6.07 Å². The first-order chi connectivity index (χ1) is 8.81. The Hall–Kier alpha value is -1.10. The van der Waals surface area contributed by atoms with E-state index >= 15 is 0 Å². The fourth-order valence-corrected chi connectivity index (χ4v) is 2.61. The number of rotatable bonds is 2. The van der Waals surface area contributed by atoms with Gasteiger partial charge in [-0.25, -0.2) is 4.39 Å². The van der Waals surface area contributed by atoms with Crippen molar-refractivity contribution in [1.29, 1.82) is 0 Å². The molecule has 106 valence electrons. The quantitative estimate of drug-likeness (QED) is 0.813. The minimum absolute atomic E-state index is 0.129. The van der Waals surface area contributed by atoms with Crippen LogP contribution in [0.15, 0.2) is 24.3 Å². The SMILES string of the molecule is CC1(F)CNCCC1Cc1ccccc1C(F)(F)F. The maximum absolute atomic E-state index is 14.3. The average molecular weight is 275 g/mol. The molecule has 1 fully saturated rings. The lowest BCUT2D eigenvalue weighted by molar-refractivity contribution is -0.138. The molecular weight excluding hydrogens is 258 g/mol. The van der Waals surface area contributed by atoms with E-state index in [1.165, 1.54) is 19.1 Å². The molecule has 0 bridgehead atoms. The van der Waals surface area contributed by atoms with Gasteiger partial charge in [0, 0.05) is 6.54 Å². The van der Waals surface area contributed by atoms with Gasteiger partial charge in [-0.05, 0) is 43.9 Å². The number of piperidine rings is 1. The van der Waals surface area contributed by atoms with Gasteiger partial charge in [0.05, 0.1) is 5.56 Å². The molecule has 0 spiro atoms. The first kappa shape index (κ1) is 14.3. The molecule has 1 N–H and O–H groups in total. The van der Waals surface area contributed by atoms with Crippen LogP contribution in [0.5, 0.6) is 0 Å². The van der Waals surface area contributed by atoms with Crippen molar-refractivity contribution in [2.75, 3.05) is 13.1 Å². The third kappa shape index (κ3) is 3.26. The summed E-state index contributed by atoms with van der Waals surface area (Å²) in [5.74, 6) is -0.378. The number of hydrogen-bond acceptors (Lipinski definition) is 1. The number of nitrogens with one attached hydrogen (secondary N) is 1. The summed E-state index contributed by atoms with van der Waals surface area (Å²) in [6.07, 6.45) is -3.69. The number of alkyl halides is 4. The summed E-state index contributed by atoms with van der Waals surface area (Å²) in [7, 11) is 0. The predicted molar refractivity (Wildman–Crippen MR) is 65.6 cm³/mol. The van der Waals surface area contributed by atoms with Crippen molar-refractivity contribution >= 4 is 0 Å². The van der Waals surface area contributed by atoms with E-state index in [4.69, 9.17) is 0 Å². The van der Waals surface area contributed by atoms with Crippen LogP contribution >= 0.6 is 0 Å². The minimum Gasteiger partial charge on any atom is -0.314 e. The Labute approximate surface area is 110 Å². The highest BCUT2D eigenvalue weighted by atomic mass is 19.4. The van der Waals surface area contributed by atoms with Crippen LogP contribution in [-0.4, -0.2) is 18.8 Å². The minimum atomic E-state index is -4.38. The van der Waals surface area contributed by atoms with Crippen LogP contribution in [0, 0.1) is 5.92 Å². The zero-order chi connectivity index (χ0) is 14.1. The Morgan fingerprint density at radius 1 is 1.32 bits per heavy atom. The summed E-state index contributed by atoms with van der Waals surface area (Å²) in [5, 5.41) is 2.94.